The summed E-state index contributed by atoms with van der Waals surface area (Å²) in [6.45, 7) is 11.5. The molecule has 1 aliphatic rings. The molecule has 6 nitrogen and oxygen atoms in total. The number of carbonyl (C=O) groups is 2. The van der Waals surface area contributed by atoms with Crippen LogP contribution in [0.4, 0.5) is 5.69 Å². The third kappa shape index (κ3) is 4.65. The third-order valence-corrected chi connectivity index (χ3v) is 3.98. The fourth-order valence-corrected chi connectivity index (χ4v) is 2.53. The van der Waals surface area contributed by atoms with Crippen molar-refractivity contribution in [2.75, 3.05) is 11.9 Å². The van der Waals surface area contributed by atoms with Crippen molar-refractivity contribution >= 4 is 17.5 Å². The van der Waals surface area contributed by atoms with Crippen molar-refractivity contribution < 1.29 is 19.1 Å². The van der Waals surface area contributed by atoms with Crippen LogP contribution in [0.25, 0.3) is 0 Å². The zero-order valence-electron chi connectivity index (χ0n) is 15.9. The van der Waals surface area contributed by atoms with Gasteiger partial charge in [-0.25, -0.2) is 0 Å². The zero-order chi connectivity index (χ0) is 18.8. The number of anilines is 1. The lowest BCUT2D eigenvalue weighted by molar-refractivity contribution is -0.131. The quantitative estimate of drug-likeness (QED) is 0.858. The topological polar surface area (TPSA) is 76.7 Å². The molecule has 1 aliphatic heterocycles. The highest BCUT2D eigenvalue weighted by atomic mass is 16.5. The molecule has 6 heteroatoms. The first-order chi connectivity index (χ1) is 11.6. The second-order valence-corrected chi connectivity index (χ2v) is 7.46. The molecule has 2 atom stereocenters. The summed E-state index contributed by atoms with van der Waals surface area (Å²) in [6, 6.07) is 3.05. The molecule has 0 spiro atoms. The molecule has 0 aromatic heterocycles. The van der Waals surface area contributed by atoms with Gasteiger partial charge in [-0.2, -0.15) is 0 Å². The van der Waals surface area contributed by atoms with Gasteiger partial charge in [0.2, 0.25) is 11.8 Å². The second kappa shape index (κ2) is 7.33. The van der Waals surface area contributed by atoms with E-state index in [4.69, 9.17) is 9.47 Å². The van der Waals surface area contributed by atoms with Gasteiger partial charge in [0.05, 0.1) is 12.3 Å². The fourth-order valence-electron chi connectivity index (χ4n) is 2.53. The predicted octanol–water partition coefficient (Wildman–Crippen LogP) is 2.90. The van der Waals surface area contributed by atoms with Crippen LogP contribution in [0.15, 0.2) is 12.1 Å². The van der Waals surface area contributed by atoms with Gasteiger partial charge in [0.15, 0.2) is 0 Å². The molecule has 2 N–H and O–H groups in total. The molecule has 0 aliphatic carbocycles. The first-order valence-corrected chi connectivity index (χ1v) is 8.70. The highest BCUT2D eigenvalue weighted by molar-refractivity contribution is 5.98. The Bertz CT molecular complexity index is 664. The molecule has 0 saturated heterocycles. The first-order valence-electron chi connectivity index (χ1n) is 8.70. The minimum Gasteiger partial charge on any atom is -0.492 e. The molecule has 0 saturated carbocycles. The van der Waals surface area contributed by atoms with Gasteiger partial charge in [0.1, 0.15) is 23.6 Å². The van der Waals surface area contributed by atoms with Crippen molar-refractivity contribution in [1.82, 2.24) is 5.32 Å². The molecule has 0 bridgehead atoms. The molecule has 1 heterocycles. The minimum absolute atomic E-state index is 0.112. The van der Waals surface area contributed by atoms with Crippen molar-refractivity contribution in [2.45, 2.75) is 60.1 Å². The third-order valence-electron chi connectivity index (χ3n) is 3.98. The maximum absolute atomic E-state index is 12.5. The Morgan fingerprint density at radius 3 is 2.64 bits per heavy atom. The average Bonchev–Trinajstić information content (AvgIpc) is 2.85. The summed E-state index contributed by atoms with van der Waals surface area (Å²) < 4.78 is 11.4. The molecule has 25 heavy (non-hydrogen) atoms. The Hall–Kier alpha value is -2.24. The number of hydrogen-bond acceptors (Lipinski definition) is 4. The van der Waals surface area contributed by atoms with E-state index in [1.807, 2.05) is 19.9 Å². The molecular weight excluding hydrogens is 320 g/mol. The van der Waals surface area contributed by atoms with E-state index in [1.54, 1.807) is 33.8 Å². The van der Waals surface area contributed by atoms with Crippen LogP contribution in [0.3, 0.4) is 0 Å². The molecule has 138 valence electrons. The van der Waals surface area contributed by atoms with E-state index >= 15 is 0 Å². The van der Waals surface area contributed by atoms with Crippen LogP contribution in [0.5, 0.6) is 11.5 Å². The SMILES string of the molecule is CCOc1cc2c(cc1NC(=O)C(C)NC(=O)C(C)(C)C)OC(C)C2. The molecule has 2 rings (SSSR count). The van der Waals surface area contributed by atoms with Gasteiger partial charge >= 0.3 is 0 Å². The molecule has 2 unspecified atom stereocenters. The van der Waals surface area contributed by atoms with E-state index in [1.165, 1.54) is 0 Å². The van der Waals surface area contributed by atoms with Crippen LogP contribution in [0.1, 0.15) is 47.1 Å². The van der Waals surface area contributed by atoms with E-state index in [9.17, 15) is 9.59 Å². The van der Waals surface area contributed by atoms with Crippen LogP contribution >= 0.6 is 0 Å². The molecule has 1 aromatic rings. The van der Waals surface area contributed by atoms with Gasteiger partial charge in [-0.1, -0.05) is 20.8 Å². The van der Waals surface area contributed by atoms with Crippen LogP contribution in [-0.2, 0) is 16.0 Å². The van der Waals surface area contributed by atoms with Gasteiger partial charge in [0, 0.05) is 23.5 Å². The van der Waals surface area contributed by atoms with E-state index in [0.29, 0.717) is 18.0 Å². The predicted molar refractivity (Wildman–Crippen MR) is 97.1 cm³/mol. The Labute approximate surface area is 149 Å². The Morgan fingerprint density at radius 2 is 2.04 bits per heavy atom. The lowest BCUT2D eigenvalue weighted by Crippen LogP contribution is -2.46. The van der Waals surface area contributed by atoms with Crippen LogP contribution in [-0.4, -0.2) is 30.6 Å². The summed E-state index contributed by atoms with van der Waals surface area (Å²) in [5.74, 6) is 0.898. The second-order valence-electron chi connectivity index (χ2n) is 7.46. The highest BCUT2D eigenvalue weighted by Gasteiger charge is 2.27. The maximum Gasteiger partial charge on any atom is 0.246 e. The number of hydrogen-bond donors (Lipinski definition) is 2. The Balaban J connectivity index is 2.14. The largest absolute Gasteiger partial charge is 0.492 e. The number of ether oxygens (including phenoxy) is 2. The standard InChI is InChI=1S/C19H28N2O4/c1-7-24-16-9-13-8-11(2)25-15(13)10-14(16)21-17(22)12(3)20-18(23)19(4,5)6/h9-12H,7-8H2,1-6H3,(H,20,23)(H,21,22). The summed E-state index contributed by atoms with van der Waals surface area (Å²) in [7, 11) is 0. The van der Waals surface area contributed by atoms with Gasteiger partial charge < -0.3 is 20.1 Å². The number of carbonyl (C=O) groups excluding carboxylic acids is 2. The van der Waals surface area contributed by atoms with Gasteiger partial charge in [-0.3, -0.25) is 9.59 Å². The zero-order valence-corrected chi connectivity index (χ0v) is 15.9. The molecule has 0 fully saturated rings. The van der Waals surface area contributed by atoms with Crippen molar-refractivity contribution in [3.05, 3.63) is 17.7 Å². The molecule has 1 aromatic carbocycles. The van der Waals surface area contributed by atoms with E-state index in [-0.39, 0.29) is 17.9 Å². The summed E-state index contributed by atoms with van der Waals surface area (Å²) >= 11 is 0. The summed E-state index contributed by atoms with van der Waals surface area (Å²) in [6.07, 6.45) is 0.933. The van der Waals surface area contributed by atoms with Crippen molar-refractivity contribution in [3.8, 4) is 11.5 Å². The van der Waals surface area contributed by atoms with Crippen molar-refractivity contribution in [3.63, 3.8) is 0 Å². The number of fused-ring (bicyclic) bond motifs is 1. The van der Waals surface area contributed by atoms with E-state index in [2.05, 4.69) is 10.6 Å². The normalized spacial score (nSPS) is 17.3. The summed E-state index contributed by atoms with van der Waals surface area (Å²) in [4.78, 5) is 24.5. The van der Waals surface area contributed by atoms with Crippen LogP contribution in [0, 0.1) is 5.41 Å². The van der Waals surface area contributed by atoms with Gasteiger partial charge in [-0.05, 0) is 26.8 Å². The lowest BCUT2D eigenvalue weighted by Gasteiger charge is -2.22. The monoisotopic (exact) mass is 348 g/mol. The fraction of sp³-hybridized carbons (Fsp3) is 0.579. The number of amides is 2. The number of benzene rings is 1. The highest BCUT2D eigenvalue weighted by Crippen LogP contribution is 2.38. The van der Waals surface area contributed by atoms with Gasteiger partial charge in [0.25, 0.3) is 0 Å². The van der Waals surface area contributed by atoms with Crippen molar-refractivity contribution in [2.24, 2.45) is 5.41 Å². The molecule has 2 amide bonds. The molecule has 0 radical (unpaired) electrons. The van der Waals surface area contributed by atoms with Crippen LogP contribution in [0.2, 0.25) is 0 Å². The first kappa shape index (κ1) is 19.1. The van der Waals surface area contributed by atoms with Crippen LogP contribution < -0.4 is 20.1 Å². The number of rotatable bonds is 5. The Morgan fingerprint density at radius 1 is 1.36 bits per heavy atom. The maximum atomic E-state index is 12.5. The minimum atomic E-state index is -0.658. The summed E-state index contributed by atoms with van der Waals surface area (Å²) in [5, 5.41) is 5.57. The van der Waals surface area contributed by atoms with E-state index < -0.39 is 11.5 Å². The Kier molecular flexibility index (Phi) is 5.60. The molecular formula is C19H28N2O4. The average molecular weight is 348 g/mol. The smallest absolute Gasteiger partial charge is 0.246 e. The van der Waals surface area contributed by atoms with Crippen molar-refractivity contribution in [1.29, 1.82) is 0 Å². The summed E-state index contributed by atoms with van der Waals surface area (Å²) in [5.41, 5.74) is 1.07. The number of nitrogens with one attached hydrogen (secondary N) is 2. The van der Waals surface area contributed by atoms with Gasteiger partial charge in [-0.15, -0.1) is 0 Å². The lowest BCUT2D eigenvalue weighted by atomic mass is 9.95. The van der Waals surface area contributed by atoms with E-state index in [0.717, 1.165) is 17.7 Å².